The van der Waals surface area contributed by atoms with Gasteiger partial charge in [-0.15, -0.1) is 0 Å². The summed E-state index contributed by atoms with van der Waals surface area (Å²) in [6, 6.07) is 5.59. The Labute approximate surface area is 160 Å². The van der Waals surface area contributed by atoms with Crippen molar-refractivity contribution < 1.29 is 35.1 Å². The molecule has 2 aromatic carbocycles. The highest BCUT2D eigenvalue weighted by Gasteiger charge is 2.26. The Kier molecular flexibility index (Phi) is 5.16. The third-order valence-corrected chi connectivity index (χ3v) is 4.60. The van der Waals surface area contributed by atoms with Crippen LogP contribution in [0.3, 0.4) is 0 Å². The average Bonchev–Trinajstić information content (AvgIpc) is 2.65. The molecule has 0 spiro atoms. The molecule has 1 saturated heterocycles. The van der Waals surface area contributed by atoms with E-state index in [4.69, 9.17) is 0 Å². The molecule has 2 amide bonds. The fourth-order valence-electron chi connectivity index (χ4n) is 3.13. The zero-order valence-corrected chi connectivity index (χ0v) is 14.8. The van der Waals surface area contributed by atoms with Crippen LogP contribution in [0.25, 0.3) is 0 Å². The molecule has 0 aliphatic carbocycles. The van der Waals surface area contributed by atoms with Gasteiger partial charge in [-0.2, -0.15) is 0 Å². The van der Waals surface area contributed by atoms with Crippen LogP contribution in [-0.2, 0) is 0 Å². The van der Waals surface area contributed by atoms with Gasteiger partial charge >= 0.3 is 0 Å². The van der Waals surface area contributed by atoms with Crippen LogP contribution in [0, 0.1) is 0 Å². The molecule has 28 heavy (non-hydrogen) atoms. The first-order valence-corrected chi connectivity index (χ1v) is 8.62. The van der Waals surface area contributed by atoms with Crippen molar-refractivity contribution in [3.8, 4) is 28.7 Å². The topological polar surface area (TPSA) is 151 Å². The van der Waals surface area contributed by atoms with Crippen LogP contribution in [0.15, 0.2) is 30.3 Å². The monoisotopic (exact) mass is 388 g/mol. The summed E-state index contributed by atoms with van der Waals surface area (Å²) in [5.74, 6) is -3.13. The Hall–Kier alpha value is -3.62. The minimum absolute atomic E-state index is 0.0468. The van der Waals surface area contributed by atoms with Crippen molar-refractivity contribution in [3.05, 3.63) is 41.5 Å². The van der Waals surface area contributed by atoms with Gasteiger partial charge in [0, 0.05) is 36.3 Å². The molecular weight excluding hydrogens is 368 g/mol. The molecule has 0 bridgehead atoms. The maximum Gasteiger partial charge on any atom is 0.254 e. The number of benzene rings is 2. The second-order valence-electron chi connectivity index (χ2n) is 6.64. The lowest BCUT2D eigenvalue weighted by Gasteiger charge is -2.32. The van der Waals surface area contributed by atoms with E-state index in [2.05, 4.69) is 5.32 Å². The van der Waals surface area contributed by atoms with Crippen LogP contribution in [0.4, 0.5) is 0 Å². The summed E-state index contributed by atoms with van der Waals surface area (Å²) in [5, 5.41) is 50.2. The summed E-state index contributed by atoms with van der Waals surface area (Å²) in [6.07, 6.45) is 0.969. The van der Waals surface area contributed by atoms with Crippen LogP contribution in [0.2, 0.25) is 0 Å². The number of nitrogens with one attached hydrogen (secondary N) is 1. The van der Waals surface area contributed by atoms with Crippen molar-refractivity contribution in [2.45, 2.75) is 18.9 Å². The molecule has 2 aromatic rings. The molecule has 1 aliphatic heterocycles. The van der Waals surface area contributed by atoms with Gasteiger partial charge in [0.2, 0.25) is 0 Å². The van der Waals surface area contributed by atoms with Gasteiger partial charge in [-0.05, 0) is 37.1 Å². The highest BCUT2D eigenvalue weighted by molar-refractivity contribution is 5.96. The van der Waals surface area contributed by atoms with E-state index in [9.17, 15) is 35.1 Å². The molecule has 148 valence electrons. The smallest absolute Gasteiger partial charge is 0.254 e. The van der Waals surface area contributed by atoms with Crippen LogP contribution in [0.5, 0.6) is 28.7 Å². The summed E-state index contributed by atoms with van der Waals surface area (Å²) in [5.41, 5.74) is 0.177. The Morgan fingerprint density at radius 2 is 1.36 bits per heavy atom. The van der Waals surface area contributed by atoms with Gasteiger partial charge in [0.15, 0.2) is 17.2 Å². The van der Waals surface area contributed by atoms with Gasteiger partial charge in [0.25, 0.3) is 11.8 Å². The second kappa shape index (κ2) is 7.55. The van der Waals surface area contributed by atoms with Crippen molar-refractivity contribution in [2.75, 3.05) is 13.1 Å². The normalized spacial score (nSPS) is 14.6. The molecule has 9 nitrogen and oxygen atoms in total. The highest BCUT2D eigenvalue weighted by Crippen LogP contribution is 2.35. The molecular formula is C19H20N2O7. The fraction of sp³-hybridized carbons (Fsp3) is 0.263. The zero-order valence-electron chi connectivity index (χ0n) is 14.8. The minimum atomic E-state index is -0.684. The summed E-state index contributed by atoms with van der Waals surface area (Å²) >= 11 is 0. The Morgan fingerprint density at radius 1 is 0.821 bits per heavy atom. The van der Waals surface area contributed by atoms with Crippen LogP contribution in [-0.4, -0.2) is 61.4 Å². The van der Waals surface area contributed by atoms with E-state index in [0.717, 1.165) is 18.2 Å². The molecule has 6 N–H and O–H groups in total. The van der Waals surface area contributed by atoms with E-state index in [1.54, 1.807) is 0 Å². The Morgan fingerprint density at radius 3 is 1.89 bits per heavy atom. The lowest BCUT2D eigenvalue weighted by molar-refractivity contribution is 0.0697. The summed E-state index contributed by atoms with van der Waals surface area (Å²) in [7, 11) is 0. The molecule has 0 atom stereocenters. The molecule has 0 radical (unpaired) electrons. The van der Waals surface area contributed by atoms with E-state index in [1.807, 2.05) is 0 Å². The van der Waals surface area contributed by atoms with Crippen molar-refractivity contribution in [3.63, 3.8) is 0 Å². The van der Waals surface area contributed by atoms with Gasteiger partial charge in [0.05, 0.1) is 0 Å². The van der Waals surface area contributed by atoms with E-state index >= 15 is 0 Å². The average molecular weight is 388 g/mol. The quantitative estimate of drug-likeness (QED) is 0.433. The number of piperidine rings is 1. The maximum atomic E-state index is 12.5. The molecule has 0 saturated carbocycles. The molecule has 9 heteroatoms. The summed E-state index contributed by atoms with van der Waals surface area (Å²) < 4.78 is 0. The SMILES string of the molecule is O=C(NC1CCN(C(=O)c2cc(O)c(O)c(O)c2)CC1)c1cc(O)cc(O)c1. The van der Waals surface area contributed by atoms with Crippen molar-refractivity contribution >= 4 is 11.8 Å². The molecule has 0 unspecified atom stereocenters. The van der Waals surface area contributed by atoms with Gasteiger partial charge in [0.1, 0.15) is 11.5 Å². The zero-order chi connectivity index (χ0) is 20.4. The first-order chi connectivity index (χ1) is 13.2. The number of hydrogen-bond acceptors (Lipinski definition) is 7. The lowest BCUT2D eigenvalue weighted by Crippen LogP contribution is -2.46. The predicted molar refractivity (Wildman–Crippen MR) is 97.6 cm³/mol. The maximum absolute atomic E-state index is 12.5. The van der Waals surface area contributed by atoms with Gasteiger partial charge < -0.3 is 35.7 Å². The minimum Gasteiger partial charge on any atom is -0.508 e. The number of likely N-dealkylation sites (tertiary alicyclic amines) is 1. The van der Waals surface area contributed by atoms with Crippen molar-refractivity contribution in [2.24, 2.45) is 0 Å². The van der Waals surface area contributed by atoms with Crippen LogP contribution < -0.4 is 5.32 Å². The summed E-state index contributed by atoms with van der Waals surface area (Å²) in [6.45, 7) is 0.689. The number of phenols is 5. The third kappa shape index (κ3) is 4.03. The number of carbonyl (C=O) groups is 2. The first kappa shape index (κ1) is 19.2. The number of rotatable bonds is 3. The number of carbonyl (C=O) groups excluding carboxylic acids is 2. The van der Waals surface area contributed by atoms with E-state index < -0.39 is 29.1 Å². The molecule has 1 fully saturated rings. The van der Waals surface area contributed by atoms with Gasteiger partial charge in [-0.3, -0.25) is 9.59 Å². The van der Waals surface area contributed by atoms with Crippen molar-refractivity contribution in [1.29, 1.82) is 0 Å². The van der Waals surface area contributed by atoms with E-state index in [1.165, 1.54) is 17.0 Å². The molecule has 0 aromatic heterocycles. The van der Waals surface area contributed by atoms with Crippen LogP contribution in [0.1, 0.15) is 33.6 Å². The summed E-state index contributed by atoms with van der Waals surface area (Å²) in [4.78, 5) is 26.3. The van der Waals surface area contributed by atoms with E-state index in [-0.39, 0.29) is 28.7 Å². The highest BCUT2D eigenvalue weighted by atomic mass is 16.3. The van der Waals surface area contributed by atoms with E-state index in [0.29, 0.717) is 25.9 Å². The first-order valence-electron chi connectivity index (χ1n) is 8.62. The number of phenolic OH excluding ortho intramolecular Hbond substituents is 5. The Bertz CT molecular complexity index is 877. The van der Waals surface area contributed by atoms with Gasteiger partial charge in [-0.25, -0.2) is 0 Å². The molecule has 1 heterocycles. The van der Waals surface area contributed by atoms with Crippen molar-refractivity contribution in [1.82, 2.24) is 10.2 Å². The predicted octanol–water partition coefficient (Wildman–Crippen LogP) is 1.25. The van der Waals surface area contributed by atoms with Gasteiger partial charge in [-0.1, -0.05) is 0 Å². The molecule has 1 aliphatic rings. The molecule has 3 rings (SSSR count). The number of hydrogen-bond donors (Lipinski definition) is 6. The number of aromatic hydroxyl groups is 5. The standard InChI is InChI=1S/C19H20N2O7/c22-13-5-10(6-14(23)9-13)18(27)20-12-1-3-21(4-2-12)19(28)11-7-15(24)17(26)16(25)8-11/h5-9,12,22-26H,1-4H2,(H,20,27). The van der Waals surface area contributed by atoms with Crippen LogP contribution >= 0.6 is 0 Å². The number of amides is 2. The fourth-order valence-corrected chi connectivity index (χ4v) is 3.13. The Balaban J connectivity index is 1.60. The second-order valence-corrected chi connectivity index (χ2v) is 6.64. The number of nitrogens with zero attached hydrogens (tertiary/aromatic N) is 1. The third-order valence-electron chi connectivity index (χ3n) is 4.60. The largest absolute Gasteiger partial charge is 0.508 e. The lowest BCUT2D eigenvalue weighted by atomic mass is 10.0.